The van der Waals surface area contributed by atoms with Crippen molar-refractivity contribution in [3.8, 4) is 0 Å². The van der Waals surface area contributed by atoms with E-state index >= 15 is 0 Å². The highest BCUT2D eigenvalue weighted by Gasteiger charge is 2.40. The fourth-order valence-corrected chi connectivity index (χ4v) is 4.68. The van der Waals surface area contributed by atoms with Gasteiger partial charge in [0, 0.05) is 31.2 Å². The smallest absolute Gasteiger partial charge is 0.410 e. The number of nitrogens with zero attached hydrogens (tertiary/aromatic N) is 4. The van der Waals surface area contributed by atoms with Gasteiger partial charge >= 0.3 is 12.1 Å². The first-order valence-corrected chi connectivity index (χ1v) is 14.1. The zero-order chi connectivity index (χ0) is 30.5. The van der Waals surface area contributed by atoms with Crippen LogP contribution < -0.4 is 5.32 Å². The Kier molecular flexibility index (Phi) is 10.0. The number of anilines is 1. The van der Waals surface area contributed by atoms with E-state index in [9.17, 15) is 14.4 Å². The number of rotatable bonds is 8. The second-order valence-corrected chi connectivity index (χ2v) is 13.0. The quantitative estimate of drug-likeness (QED) is 0.441. The van der Waals surface area contributed by atoms with E-state index in [4.69, 9.17) is 18.9 Å². The molecule has 1 saturated heterocycles. The summed E-state index contributed by atoms with van der Waals surface area (Å²) in [5.74, 6) is 0.459. The van der Waals surface area contributed by atoms with Gasteiger partial charge in [0.1, 0.15) is 28.6 Å². The van der Waals surface area contributed by atoms with Gasteiger partial charge in [-0.3, -0.25) is 9.59 Å². The first kappa shape index (κ1) is 31.9. The summed E-state index contributed by atoms with van der Waals surface area (Å²) < 4.78 is 16.1. The number of nitrogens with one attached hydrogen (secondary N) is 1. The number of carbonyl (C=O) groups is 3. The SMILES string of the molecule is COC(=O)C1CC(N(CC(C)C)C(=O)c2cnc(C(C)(C)C)nc2NCc2ccco2)CN(C(=O)OC(C)(C)C)C1. The summed E-state index contributed by atoms with van der Waals surface area (Å²) >= 11 is 0. The van der Waals surface area contributed by atoms with E-state index in [0.717, 1.165) is 0 Å². The van der Waals surface area contributed by atoms with Gasteiger partial charge in [-0.25, -0.2) is 14.8 Å². The molecule has 1 fully saturated rings. The Morgan fingerprint density at radius 3 is 2.44 bits per heavy atom. The second kappa shape index (κ2) is 12.9. The van der Waals surface area contributed by atoms with Crippen molar-refractivity contribution in [3.63, 3.8) is 0 Å². The van der Waals surface area contributed by atoms with Crippen LogP contribution in [0.1, 0.15) is 83.8 Å². The number of ether oxygens (including phenoxy) is 2. The van der Waals surface area contributed by atoms with E-state index in [0.29, 0.717) is 42.5 Å². The van der Waals surface area contributed by atoms with Gasteiger partial charge < -0.3 is 29.0 Å². The highest BCUT2D eigenvalue weighted by molar-refractivity contribution is 5.98. The number of likely N-dealkylation sites (tertiary alicyclic amines) is 1. The molecule has 41 heavy (non-hydrogen) atoms. The molecule has 226 valence electrons. The van der Waals surface area contributed by atoms with E-state index in [2.05, 4.69) is 10.3 Å². The Hall–Kier alpha value is -3.63. The largest absolute Gasteiger partial charge is 0.469 e. The molecule has 0 saturated carbocycles. The van der Waals surface area contributed by atoms with Crippen LogP contribution in [0.5, 0.6) is 0 Å². The van der Waals surface area contributed by atoms with Crippen molar-refractivity contribution in [1.82, 2.24) is 19.8 Å². The Bertz CT molecular complexity index is 1200. The van der Waals surface area contributed by atoms with Crippen molar-refractivity contribution in [2.75, 3.05) is 32.1 Å². The van der Waals surface area contributed by atoms with Gasteiger partial charge in [-0.15, -0.1) is 0 Å². The third-order valence-electron chi connectivity index (χ3n) is 6.58. The molecule has 11 heteroatoms. The number of aromatic nitrogens is 2. The predicted octanol–water partition coefficient (Wildman–Crippen LogP) is 4.88. The summed E-state index contributed by atoms with van der Waals surface area (Å²) in [6, 6.07) is 3.17. The third-order valence-corrected chi connectivity index (χ3v) is 6.58. The minimum Gasteiger partial charge on any atom is -0.469 e. The van der Waals surface area contributed by atoms with Crippen LogP contribution in [0.2, 0.25) is 0 Å². The lowest BCUT2D eigenvalue weighted by atomic mass is 9.92. The lowest BCUT2D eigenvalue weighted by Crippen LogP contribution is -2.57. The molecule has 1 aliphatic heterocycles. The Morgan fingerprint density at radius 2 is 1.88 bits per heavy atom. The van der Waals surface area contributed by atoms with Gasteiger partial charge in [-0.05, 0) is 45.2 Å². The molecule has 0 bridgehead atoms. The number of carbonyl (C=O) groups excluding carboxylic acids is 3. The third kappa shape index (κ3) is 8.68. The molecule has 11 nitrogen and oxygen atoms in total. The number of esters is 1. The fourth-order valence-electron chi connectivity index (χ4n) is 4.68. The lowest BCUT2D eigenvalue weighted by molar-refractivity contribution is -0.148. The van der Waals surface area contributed by atoms with Crippen LogP contribution in [0.4, 0.5) is 10.6 Å². The molecular weight excluding hydrogens is 526 g/mol. The van der Waals surface area contributed by atoms with Gasteiger partial charge in [0.05, 0.1) is 31.9 Å². The van der Waals surface area contributed by atoms with Crippen LogP contribution in [0.3, 0.4) is 0 Å². The van der Waals surface area contributed by atoms with E-state index in [1.807, 2.05) is 40.7 Å². The average molecular weight is 572 g/mol. The number of piperidine rings is 1. The van der Waals surface area contributed by atoms with Gasteiger partial charge in [-0.1, -0.05) is 34.6 Å². The second-order valence-electron chi connectivity index (χ2n) is 13.0. The van der Waals surface area contributed by atoms with Crippen molar-refractivity contribution < 1.29 is 28.3 Å². The summed E-state index contributed by atoms with van der Waals surface area (Å²) in [6.07, 6.45) is 2.96. The molecule has 0 radical (unpaired) electrons. The summed E-state index contributed by atoms with van der Waals surface area (Å²) in [5, 5.41) is 3.26. The van der Waals surface area contributed by atoms with E-state index in [-0.39, 0.29) is 30.3 Å². The molecular formula is C30H45N5O6. The van der Waals surface area contributed by atoms with Crippen molar-refractivity contribution in [3.05, 3.63) is 41.7 Å². The van der Waals surface area contributed by atoms with Crippen LogP contribution in [-0.2, 0) is 26.2 Å². The molecule has 1 aliphatic rings. The maximum absolute atomic E-state index is 14.3. The van der Waals surface area contributed by atoms with Gasteiger partial charge in [0.15, 0.2) is 0 Å². The molecule has 1 N–H and O–H groups in total. The first-order valence-electron chi connectivity index (χ1n) is 14.1. The summed E-state index contributed by atoms with van der Waals surface area (Å²) in [6.45, 7) is 16.5. The highest BCUT2D eigenvalue weighted by atomic mass is 16.6. The topological polar surface area (TPSA) is 127 Å². The number of methoxy groups -OCH3 is 1. The van der Waals surface area contributed by atoms with Crippen LogP contribution in [-0.4, -0.2) is 76.1 Å². The minimum absolute atomic E-state index is 0.113. The Labute approximate surface area is 243 Å². The molecule has 3 heterocycles. The number of furan rings is 1. The van der Waals surface area contributed by atoms with E-state index in [1.54, 1.807) is 44.2 Å². The van der Waals surface area contributed by atoms with Crippen LogP contribution in [0.15, 0.2) is 29.0 Å². The number of hydrogen-bond acceptors (Lipinski definition) is 9. The highest BCUT2D eigenvalue weighted by Crippen LogP contribution is 2.28. The van der Waals surface area contributed by atoms with Crippen molar-refractivity contribution in [2.24, 2.45) is 11.8 Å². The number of amides is 2. The molecule has 0 aromatic carbocycles. The summed E-state index contributed by atoms with van der Waals surface area (Å²) in [5.41, 5.74) is -0.751. The molecule has 0 aliphatic carbocycles. The Balaban J connectivity index is 2.00. The molecule has 2 amide bonds. The maximum atomic E-state index is 14.3. The Morgan fingerprint density at radius 1 is 1.17 bits per heavy atom. The molecule has 3 rings (SSSR count). The van der Waals surface area contributed by atoms with Gasteiger partial charge in [-0.2, -0.15) is 0 Å². The maximum Gasteiger partial charge on any atom is 0.410 e. The van der Waals surface area contributed by atoms with Crippen molar-refractivity contribution >= 4 is 23.8 Å². The van der Waals surface area contributed by atoms with E-state index < -0.39 is 29.6 Å². The van der Waals surface area contributed by atoms with E-state index in [1.165, 1.54) is 12.0 Å². The molecule has 2 aromatic heterocycles. The number of hydrogen-bond donors (Lipinski definition) is 1. The fraction of sp³-hybridized carbons (Fsp3) is 0.633. The zero-order valence-electron chi connectivity index (χ0n) is 25.8. The monoisotopic (exact) mass is 571 g/mol. The van der Waals surface area contributed by atoms with Crippen LogP contribution in [0.25, 0.3) is 0 Å². The van der Waals surface area contributed by atoms with Crippen molar-refractivity contribution in [1.29, 1.82) is 0 Å². The minimum atomic E-state index is -0.709. The molecule has 2 atom stereocenters. The normalized spacial score (nSPS) is 17.8. The summed E-state index contributed by atoms with van der Waals surface area (Å²) in [7, 11) is 1.33. The molecule has 2 aromatic rings. The standard InChI is InChI=1S/C30H45N5O6/c1-19(2)16-35(21-13-20(26(37)39-9)17-34(18-21)28(38)41-30(6,7)8)25(36)23-15-32-27(29(3,4)5)33-24(23)31-14-22-11-10-12-40-22/h10-12,15,19-21H,13-14,16-18H2,1-9H3,(H,31,32,33). The zero-order valence-corrected chi connectivity index (χ0v) is 25.8. The van der Waals surface area contributed by atoms with Gasteiger partial charge in [0.25, 0.3) is 5.91 Å². The predicted molar refractivity (Wildman–Crippen MR) is 154 cm³/mol. The first-order chi connectivity index (χ1) is 19.1. The van der Waals surface area contributed by atoms with Crippen molar-refractivity contribution in [2.45, 2.75) is 85.4 Å². The van der Waals surface area contributed by atoms with Crippen LogP contribution in [0, 0.1) is 11.8 Å². The lowest BCUT2D eigenvalue weighted by Gasteiger charge is -2.42. The molecule has 0 spiro atoms. The van der Waals surface area contributed by atoms with Gasteiger partial charge in [0.2, 0.25) is 0 Å². The average Bonchev–Trinajstić information content (AvgIpc) is 3.41. The van der Waals surface area contributed by atoms with Crippen LogP contribution >= 0.6 is 0 Å². The summed E-state index contributed by atoms with van der Waals surface area (Å²) in [4.78, 5) is 52.6. The molecule has 2 unspecified atom stereocenters.